The van der Waals surface area contributed by atoms with Crippen molar-refractivity contribution in [3.05, 3.63) is 77.7 Å². The van der Waals surface area contributed by atoms with Gasteiger partial charge in [0, 0.05) is 12.2 Å². The average molecular weight is 425 g/mol. The van der Waals surface area contributed by atoms with E-state index in [-0.39, 0.29) is 5.82 Å². The van der Waals surface area contributed by atoms with Gasteiger partial charge in [0.05, 0.1) is 18.0 Å². The molecular weight excluding hydrogens is 401 g/mol. The topological polar surface area (TPSA) is 77.9 Å². The molecule has 1 N–H and O–H groups in total. The highest BCUT2D eigenvalue weighted by atomic mass is 19.1. The first-order valence-electron chi connectivity index (χ1n) is 9.88. The third-order valence-electron chi connectivity index (χ3n) is 4.49. The lowest BCUT2D eigenvalue weighted by Gasteiger charge is -2.20. The summed E-state index contributed by atoms with van der Waals surface area (Å²) in [5.74, 6) is -0.279. The molecule has 0 bridgehead atoms. The molecule has 3 rings (SSSR count). The Labute approximate surface area is 180 Å². The molecule has 1 heterocycles. The first-order valence-corrected chi connectivity index (χ1v) is 9.88. The van der Waals surface area contributed by atoms with Crippen molar-refractivity contribution in [1.82, 2.24) is 4.98 Å². The fourth-order valence-corrected chi connectivity index (χ4v) is 2.98. The zero-order chi connectivity index (χ0) is 22.2. The van der Waals surface area contributed by atoms with E-state index in [1.54, 1.807) is 30.3 Å². The predicted molar refractivity (Wildman–Crippen MR) is 114 cm³/mol. The van der Waals surface area contributed by atoms with Crippen LogP contribution in [0.5, 0.6) is 11.5 Å². The molecule has 1 aromatic heterocycles. The van der Waals surface area contributed by atoms with Crippen LogP contribution in [0.25, 0.3) is 11.3 Å². The van der Waals surface area contributed by atoms with E-state index < -0.39 is 18.7 Å². The molecule has 0 aliphatic rings. The van der Waals surface area contributed by atoms with Gasteiger partial charge in [-0.25, -0.2) is 14.2 Å². The van der Waals surface area contributed by atoms with E-state index in [2.05, 4.69) is 0 Å². The number of hydrogen-bond donors (Lipinski definition) is 1. The van der Waals surface area contributed by atoms with Gasteiger partial charge in [-0.15, -0.1) is 0 Å². The van der Waals surface area contributed by atoms with Crippen LogP contribution < -0.4 is 9.47 Å². The smallest absolute Gasteiger partial charge is 0.341 e. The molecule has 0 fully saturated rings. The summed E-state index contributed by atoms with van der Waals surface area (Å²) in [6, 6.07) is 16.9. The Morgan fingerprint density at radius 2 is 1.90 bits per heavy atom. The lowest BCUT2D eigenvalue weighted by atomic mass is 10.1. The molecule has 0 unspecified atom stereocenters. The van der Waals surface area contributed by atoms with E-state index in [0.717, 1.165) is 11.1 Å². The minimum absolute atomic E-state index is 0.298. The molecule has 0 amide bonds. The molecule has 2 aromatic carbocycles. The van der Waals surface area contributed by atoms with Gasteiger partial charge in [0.25, 0.3) is 0 Å². The Morgan fingerprint density at radius 3 is 2.58 bits per heavy atom. The molecule has 0 radical (unpaired) electrons. The Kier molecular flexibility index (Phi) is 7.56. The summed E-state index contributed by atoms with van der Waals surface area (Å²) in [6.45, 7) is 4.13. The fraction of sp³-hybridized carbons (Fsp3) is 0.250. The Hall–Kier alpha value is -3.45. The standard InChI is InChI=1S/C24H24FNO5/c1-3-29-14-23(31-19-11-12-22(16(2)13-19)30-15-24(27)28)21-6-4-5-20(26-21)17-7-9-18(25)10-8-17/h4-13,23H,3,14-15H2,1-2H3,(H,27,28)/t23-/m1/s1. The molecule has 0 saturated heterocycles. The monoisotopic (exact) mass is 425 g/mol. The number of pyridine rings is 1. The number of nitrogens with zero attached hydrogens (tertiary/aromatic N) is 1. The van der Waals surface area contributed by atoms with E-state index in [4.69, 9.17) is 24.3 Å². The molecule has 162 valence electrons. The van der Waals surface area contributed by atoms with Crippen molar-refractivity contribution in [3.8, 4) is 22.8 Å². The van der Waals surface area contributed by atoms with Crippen molar-refractivity contribution >= 4 is 5.97 Å². The van der Waals surface area contributed by atoms with Crippen LogP contribution in [0.1, 0.15) is 24.3 Å². The molecule has 0 aliphatic heterocycles. The van der Waals surface area contributed by atoms with Crippen LogP contribution >= 0.6 is 0 Å². The summed E-state index contributed by atoms with van der Waals surface area (Å²) in [6.07, 6.45) is -0.467. The van der Waals surface area contributed by atoms with Gasteiger partial charge in [-0.1, -0.05) is 6.07 Å². The van der Waals surface area contributed by atoms with Crippen LogP contribution in [0.2, 0.25) is 0 Å². The van der Waals surface area contributed by atoms with E-state index in [9.17, 15) is 9.18 Å². The number of aryl methyl sites for hydroxylation is 1. The first kappa shape index (κ1) is 22.2. The molecule has 0 saturated carbocycles. The van der Waals surface area contributed by atoms with Crippen LogP contribution in [0.3, 0.4) is 0 Å². The second-order valence-electron chi connectivity index (χ2n) is 6.83. The number of halogens is 1. The van der Waals surface area contributed by atoms with Crippen molar-refractivity contribution < 1.29 is 28.5 Å². The normalized spacial score (nSPS) is 11.7. The number of ether oxygens (including phenoxy) is 3. The minimum Gasteiger partial charge on any atom is -0.482 e. The maximum atomic E-state index is 13.2. The number of carboxylic acid groups (broad SMARTS) is 1. The molecule has 1 atom stereocenters. The van der Waals surface area contributed by atoms with Gasteiger partial charge in [-0.2, -0.15) is 0 Å². The summed E-state index contributed by atoms with van der Waals surface area (Å²) in [7, 11) is 0. The fourth-order valence-electron chi connectivity index (χ4n) is 2.98. The SMILES string of the molecule is CCOC[C@@H](Oc1ccc(OCC(=O)O)c(C)c1)c1cccc(-c2ccc(F)cc2)n1. The van der Waals surface area contributed by atoms with Gasteiger partial charge in [0.15, 0.2) is 12.7 Å². The zero-order valence-corrected chi connectivity index (χ0v) is 17.4. The number of aliphatic carboxylic acids is 1. The summed E-state index contributed by atoms with van der Waals surface area (Å²) >= 11 is 0. The Balaban J connectivity index is 1.82. The number of hydrogen-bond acceptors (Lipinski definition) is 5. The van der Waals surface area contributed by atoms with Gasteiger partial charge < -0.3 is 19.3 Å². The number of rotatable bonds is 10. The second kappa shape index (κ2) is 10.5. The largest absolute Gasteiger partial charge is 0.482 e. The number of carboxylic acids is 1. The predicted octanol–water partition coefficient (Wildman–Crippen LogP) is 4.82. The molecule has 0 aliphatic carbocycles. The summed E-state index contributed by atoms with van der Waals surface area (Å²) in [5.41, 5.74) is 2.94. The highest BCUT2D eigenvalue weighted by molar-refractivity contribution is 5.68. The molecule has 7 heteroatoms. The summed E-state index contributed by atoms with van der Waals surface area (Å²) < 4.78 is 30.3. The Morgan fingerprint density at radius 1 is 1.13 bits per heavy atom. The van der Waals surface area contributed by atoms with Gasteiger partial charge in [-0.3, -0.25) is 0 Å². The van der Waals surface area contributed by atoms with Crippen molar-refractivity contribution in [2.75, 3.05) is 19.8 Å². The molecular formula is C24H24FNO5. The maximum absolute atomic E-state index is 13.2. The van der Waals surface area contributed by atoms with Crippen molar-refractivity contribution in [2.45, 2.75) is 20.0 Å². The lowest BCUT2D eigenvalue weighted by molar-refractivity contribution is -0.139. The van der Waals surface area contributed by atoms with Crippen molar-refractivity contribution in [2.24, 2.45) is 0 Å². The lowest BCUT2D eigenvalue weighted by Crippen LogP contribution is -2.16. The average Bonchev–Trinajstić information content (AvgIpc) is 2.76. The minimum atomic E-state index is -1.04. The Bertz CT molecular complexity index is 1020. The molecule has 6 nitrogen and oxygen atoms in total. The van der Waals surface area contributed by atoms with Gasteiger partial charge in [0.2, 0.25) is 0 Å². The van der Waals surface area contributed by atoms with Gasteiger partial charge >= 0.3 is 5.97 Å². The third kappa shape index (κ3) is 6.26. The van der Waals surface area contributed by atoms with Gasteiger partial charge in [-0.05, 0) is 74.0 Å². The molecule has 31 heavy (non-hydrogen) atoms. The number of benzene rings is 2. The van der Waals surface area contributed by atoms with Crippen LogP contribution in [-0.4, -0.2) is 35.9 Å². The van der Waals surface area contributed by atoms with Crippen molar-refractivity contribution in [1.29, 1.82) is 0 Å². The van der Waals surface area contributed by atoms with Crippen LogP contribution in [0.4, 0.5) is 4.39 Å². The summed E-state index contributed by atoms with van der Waals surface area (Å²) in [5, 5.41) is 8.78. The van der Waals surface area contributed by atoms with E-state index >= 15 is 0 Å². The third-order valence-corrected chi connectivity index (χ3v) is 4.49. The number of carbonyl (C=O) groups is 1. The molecule has 0 spiro atoms. The molecule has 3 aromatic rings. The highest BCUT2D eigenvalue weighted by Gasteiger charge is 2.17. The maximum Gasteiger partial charge on any atom is 0.341 e. The summed E-state index contributed by atoms with van der Waals surface area (Å²) in [4.78, 5) is 15.4. The number of aromatic nitrogens is 1. The second-order valence-corrected chi connectivity index (χ2v) is 6.83. The van der Waals surface area contributed by atoms with Crippen molar-refractivity contribution in [3.63, 3.8) is 0 Å². The first-order chi connectivity index (χ1) is 15.0. The highest BCUT2D eigenvalue weighted by Crippen LogP contribution is 2.28. The van der Waals surface area contributed by atoms with Crippen LogP contribution in [0, 0.1) is 12.7 Å². The van der Waals surface area contributed by atoms with Gasteiger partial charge in [0.1, 0.15) is 17.3 Å². The van der Waals surface area contributed by atoms with Crippen LogP contribution in [-0.2, 0) is 9.53 Å². The van der Waals surface area contributed by atoms with E-state index in [1.807, 2.05) is 32.0 Å². The van der Waals surface area contributed by atoms with E-state index in [0.29, 0.717) is 36.1 Å². The van der Waals surface area contributed by atoms with E-state index in [1.165, 1.54) is 12.1 Å². The van der Waals surface area contributed by atoms with Crippen LogP contribution in [0.15, 0.2) is 60.7 Å². The zero-order valence-electron chi connectivity index (χ0n) is 17.4. The quantitative estimate of drug-likeness (QED) is 0.502.